The van der Waals surface area contributed by atoms with Gasteiger partial charge in [-0.25, -0.2) is 0 Å². The minimum Gasteiger partial charge on any atom is -0.469 e. The molecule has 2 aromatic rings. The van der Waals surface area contributed by atoms with Crippen LogP contribution < -0.4 is 5.32 Å². The molecule has 2 amide bonds. The Hall–Kier alpha value is -2.87. The summed E-state index contributed by atoms with van der Waals surface area (Å²) in [4.78, 5) is 38.9. The average molecular weight is 459 g/mol. The van der Waals surface area contributed by atoms with Gasteiger partial charge >= 0.3 is 5.97 Å². The zero-order valence-corrected chi connectivity index (χ0v) is 18.9. The van der Waals surface area contributed by atoms with Crippen LogP contribution in [0.2, 0.25) is 5.02 Å². The molecule has 0 atom stereocenters. The number of hydrogen-bond donors (Lipinski definition) is 1. The second-order valence-corrected chi connectivity index (χ2v) is 8.72. The number of esters is 1. The normalized spacial score (nSPS) is 15.2. The van der Waals surface area contributed by atoms with Crippen LogP contribution >= 0.6 is 11.6 Å². The van der Waals surface area contributed by atoms with Crippen molar-refractivity contribution in [1.82, 2.24) is 20.0 Å². The van der Waals surface area contributed by atoms with Crippen molar-refractivity contribution in [2.24, 2.45) is 5.92 Å². The van der Waals surface area contributed by atoms with Crippen LogP contribution in [0.5, 0.6) is 0 Å². The lowest BCUT2D eigenvalue weighted by atomic mass is 10.0. The molecule has 2 heterocycles. The molecular weight excluding hydrogens is 432 g/mol. The SMILES string of the molecule is COC(=O)CCNC(=O)c1nn(CC2CC2)c2c1CN(C(=O)Cc1ccccc1Cl)CC2. The number of nitrogens with one attached hydrogen (secondary N) is 1. The van der Waals surface area contributed by atoms with E-state index < -0.39 is 0 Å². The first-order chi connectivity index (χ1) is 15.5. The smallest absolute Gasteiger partial charge is 0.307 e. The first-order valence-electron chi connectivity index (χ1n) is 10.9. The van der Waals surface area contributed by atoms with Gasteiger partial charge in [0.05, 0.1) is 20.0 Å². The van der Waals surface area contributed by atoms with E-state index in [-0.39, 0.29) is 37.2 Å². The number of hydrogen-bond acceptors (Lipinski definition) is 5. The molecule has 1 aliphatic heterocycles. The minimum atomic E-state index is -0.386. The Balaban J connectivity index is 1.50. The largest absolute Gasteiger partial charge is 0.469 e. The van der Waals surface area contributed by atoms with E-state index in [1.165, 1.54) is 20.0 Å². The van der Waals surface area contributed by atoms with E-state index >= 15 is 0 Å². The van der Waals surface area contributed by atoms with E-state index in [9.17, 15) is 14.4 Å². The lowest BCUT2D eigenvalue weighted by molar-refractivity contribution is -0.140. The quantitative estimate of drug-likeness (QED) is 0.613. The molecule has 0 unspecified atom stereocenters. The highest BCUT2D eigenvalue weighted by atomic mass is 35.5. The molecule has 1 aliphatic carbocycles. The van der Waals surface area contributed by atoms with Gasteiger partial charge in [-0.05, 0) is 30.4 Å². The van der Waals surface area contributed by atoms with Gasteiger partial charge in [0.1, 0.15) is 0 Å². The second-order valence-electron chi connectivity index (χ2n) is 8.31. The maximum atomic E-state index is 13.0. The fourth-order valence-electron chi connectivity index (χ4n) is 3.96. The lowest BCUT2D eigenvalue weighted by Crippen LogP contribution is -2.38. The highest BCUT2D eigenvalue weighted by molar-refractivity contribution is 6.31. The highest BCUT2D eigenvalue weighted by Gasteiger charge is 2.32. The highest BCUT2D eigenvalue weighted by Crippen LogP contribution is 2.33. The number of halogens is 1. The van der Waals surface area contributed by atoms with Gasteiger partial charge in [0.15, 0.2) is 5.69 Å². The van der Waals surface area contributed by atoms with Gasteiger partial charge in [-0.2, -0.15) is 5.10 Å². The fraction of sp³-hybridized carbons (Fsp3) is 0.478. The molecule has 1 aromatic carbocycles. The lowest BCUT2D eigenvalue weighted by Gasteiger charge is -2.28. The standard InChI is InChI=1S/C23H27ClN4O4/c1-32-21(30)8-10-25-23(31)22-17-14-27(20(29)12-16-4-2-3-5-18(16)24)11-9-19(17)28(26-22)13-15-6-7-15/h2-5,15H,6-14H2,1H3,(H,25,31). The summed E-state index contributed by atoms with van der Waals surface area (Å²) in [6.45, 7) is 1.88. The summed E-state index contributed by atoms with van der Waals surface area (Å²) in [6, 6.07) is 7.32. The Bertz CT molecular complexity index is 1030. The average Bonchev–Trinajstić information content (AvgIpc) is 3.54. The summed E-state index contributed by atoms with van der Waals surface area (Å²) >= 11 is 6.22. The molecule has 1 aromatic heterocycles. The first kappa shape index (κ1) is 22.3. The molecular formula is C23H27ClN4O4. The van der Waals surface area contributed by atoms with E-state index in [0.717, 1.165) is 23.4 Å². The topological polar surface area (TPSA) is 93.5 Å². The van der Waals surface area contributed by atoms with Crippen molar-refractivity contribution < 1.29 is 19.1 Å². The van der Waals surface area contributed by atoms with Crippen LogP contribution in [0.3, 0.4) is 0 Å². The van der Waals surface area contributed by atoms with Crippen molar-refractivity contribution in [1.29, 1.82) is 0 Å². The summed E-state index contributed by atoms with van der Waals surface area (Å²) in [5.74, 6) is -0.145. The Labute approximate surface area is 191 Å². The van der Waals surface area contributed by atoms with E-state index in [0.29, 0.717) is 36.1 Å². The van der Waals surface area contributed by atoms with Crippen LogP contribution in [-0.4, -0.2) is 52.7 Å². The molecule has 1 saturated carbocycles. The van der Waals surface area contributed by atoms with Gasteiger partial charge in [-0.1, -0.05) is 29.8 Å². The van der Waals surface area contributed by atoms with Gasteiger partial charge in [0.25, 0.3) is 5.91 Å². The number of methoxy groups -OCH3 is 1. The summed E-state index contributed by atoms with van der Waals surface area (Å²) in [5.41, 5.74) is 2.94. The zero-order valence-electron chi connectivity index (χ0n) is 18.1. The number of fused-ring (bicyclic) bond motifs is 1. The molecule has 0 radical (unpaired) electrons. The number of aromatic nitrogens is 2. The van der Waals surface area contributed by atoms with Crippen LogP contribution in [0.1, 0.15) is 46.6 Å². The monoisotopic (exact) mass is 458 g/mol. The third-order valence-electron chi connectivity index (χ3n) is 5.97. The van der Waals surface area contributed by atoms with E-state index in [1.807, 2.05) is 22.9 Å². The Morgan fingerprint density at radius 3 is 2.75 bits per heavy atom. The number of amides is 2. The van der Waals surface area contributed by atoms with Gasteiger partial charge in [0, 0.05) is 48.9 Å². The number of carbonyl (C=O) groups is 3. The molecule has 170 valence electrons. The van der Waals surface area contributed by atoms with E-state index in [4.69, 9.17) is 11.6 Å². The molecule has 9 heteroatoms. The summed E-state index contributed by atoms with van der Waals surface area (Å²) in [5, 5.41) is 7.93. The van der Waals surface area contributed by atoms with Crippen molar-refractivity contribution in [2.45, 2.75) is 45.2 Å². The predicted octanol–water partition coefficient (Wildman–Crippen LogP) is 2.37. The summed E-state index contributed by atoms with van der Waals surface area (Å²) < 4.78 is 6.56. The van der Waals surface area contributed by atoms with Gasteiger partial charge < -0.3 is 15.0 Å². The number of carbonyl (C=O) groups excluding carboxylic acids is 3. The molecule has 1 N–H and O–H groups in total. The Kier molecular flexibility index (Phi) is 6.79. The predicted molar refractivity (Wildman–Crippen MR) is 118 cm³/mol. The van der Waals surface area contributed by atoms with Crippen LogP contribution in [0.4, 0.5) is 0 Å². The number of nitrogens with zero attached hydrogens (tertiary/aromatic N) is 3. The first-order valence-corrected chi connectivity index (χ1v) is 11.3. The summed E-state index contributed by atoms with van der Waals surface area (Å²) in [6.07, 6.45) is 3.32. The number of rotatable bonds is 8. The maximum Gasteiger partial charge on any atom is 0.307 e. The molecule has 8 nitrogen and oxygen atoms in total. The van der Waals surface area contributed by atoms with Crippen LogP contribution in [-0.2, 0) is 40.3 Å². The van der Waals surface area contributed by atoms with Crippen molar-refractivity contribution in [3.8, 4) is 0 Å². The Morgan fingerprint density at radius 2 is 2.03 bits per heavy atom. The van der Waals surface area contributed by atoms with Crippen LogP contribution in [0, 0.1) is 5.92 Å². The molecule has 1 fully saturated rings. The van der Waals surface area contributed by atoms with Crippen molar-refractivity contribution >= 4 is 29.4 Å². The van der Waals surface area contributed by atoms with Crippen molar-refractivity contribution in [2.75, 3.05) is 20.2 Å². The maximum absolute atomic E-state index is 13.0. The molecule has 0 bridgehead atoms. The van der Waals surface area contributed by atoms with E-state index in [2.05, 4.69) is 15.2 Å². The number of ether oxygens (including phenoxy) is 1. The van der Waals surface area contributed by atoms with Gasteiger partial charge in [0.2, 0.25) is 5.91 Å². The van der Waals surface area contributed by atoms with E-state index in [1.54, 1.807) is 11.0 Å². The zero-order chi connectivity index (χ0) is 22.7. The molecule has 0 saturated heterocycles. The van der Waals surface area contributed by atoms with Crippen LogP contribution in [0.25, 0.3) is 0 Å². The number of benzene rings is 1. The minimum absolute atomic E-state index is 0.0317. The molecule has 0 spiro atoms. The molecule has 32 heavy (non-hydrogen) atoms. The second kappa shape index (κ2) is 9.73. The van der Waals surface area contributed by atoms with Gasteiger partial charge in [-0.15, -0.1) is 0 Å². The third-order valence-corrected chi connectivity index (χ3v) is 6.34. The van der Waals surface area contributed by atoms with Crippen molar-refractivity contribution in [3.05, 3.63) is 51.8 Å². The van der Waals surface area contributed by atoms with Crippen LogP contribution in [0.15, 0.2) is 24.3 Å². The molecule has 2 aliphatic rings. The van der Waals surface area contributed by atoms with Gasteiger partial charge in [-0.3, -0.25) is 19.1 Å². The molecule has 4 rings (SSSR count). The van der Waals surface area contributed by atoms with Crippen molar-refractivity contribution in [3.63, 3.8) is 0 Å². The summed E-state index contributed by atoms with van der Waals surface area (Å²) in [7, 11) is 1.31. The fourth-order valence-corrected chi connectivity index (χ4v) is 4.17. The Morgan fingerprint density at radius 1 is 1.25 bits per heavy atom. The third kappa shape index (κ3) is 5.12.